The molecule has 102 valence electrons. The Bertz CT molecular complexity index is 513. The normalized spacial score (nSPS) is 14.6. The van der Waals surface area contributed by atoms with Crippen LogP contribution in [0.5, 0.6) is 0 Å². The maximum absolute atomic E-state index is 13.8. The Balaban J connectivity index is 2.04. The average Bonchev–Trinajstić information content (AvgIpc) is 2.92. The van der Waals surface area contributed by atoms with Crippen LogP contribution < -0.4 is 5.73 Å². The Labute approximate surface area is 117 Å². The van der Waals surface area contributed by atoms with Gasteiger partial charge < -0.3 is 5.73 Å². The zero-order valence-corrected chi connectivity index (χ0v) is 12.0. The van der Waals surface area contributed by atoms with Gasteiger partial charge in [-0.15, -0.1) is 11.3 Å². The number of halogens is 1. The summed E-state index contributed by atoms with van der Waals surface area (Å²) in [7, 11) is 1.98. The number of hydrogen-bond acceptors (Lipinski definition) is 3. The molecule has 1 heterocycles. The lowest BCUT2D eigenvalue weighted by Gasteiger charge is -2.27. The van der Waals surface area contributed by atoms with E-state index < -0.39 is 0 Å². The van der Waals surface area contributed by atoms with Crippen molar-refractivity contribution < 1.29 is 4.39 Å². The number of benzene rings is 1. The second-order valence-electron chi connectivity index (χ2n) is 4.76. The van der Waals surface area contributed by atoms with Crippen LogP contribution in [0.1, 0.15) is 29.4 Å². The second kappa shape index (κ2) is 6.28. The Morgan fingerprint density at radius 2 is 2.00 bits per heavy atom. The van der Waals surface area contributed by atoms with Gasteiger partial charge in [0.25, 0.3) is 0 Å². The molecule has 0 aliphatic heterocycles. The summed E-state index contributed by atoms with van der Waals surface area (Å²) in [5.41, 5.74) is 6.88. The van der Waals surface area contributed by atoms with Gasteiger partial charge in [0, 0.05) is 23.0 Å². The molecule has 2 aromatic rings. The van der Waals surface area contributed by atoms with Gasteiger partial charge in [-0.1, -0.05) is 24.3 Å². The van der Waals surface area contributed by atoms with Gasteiger partial charge in [-0.05, 0) is 31.5 Å². The third-order valence-corrected chi connectivity index (χ3v) is 4.41. The quantitative estimate of drug-likeness (QED) is 0.905. The van der Waals surface area contributed by atoms with Crippen LogP contribution in [0.4, 0.5) is 4.39 Å². The van der Waals surface area contributed by atoms with Crippen LogP contribution in [0, 0.1) is 5.82 Å². The minimum absolute atomic E-state index is 0.00668. The molecule has 1 aromatic heterocycles. The van der Waals surface area contributed by atoms with Crippen LogP contribution in [0.2, 0.25) is 0 Å². The largest absolute Gasteiger partial charge is 0.322 e. The van der Waals surface area contributed by atoms with Gasteiger partial charge in [-0.25, -0.2) is 4.39 Å². The molecule has 19 heavy (non-hydrogen) atoms. The summed E-state index contributed by atoms with van der Waals surface area (Å²) < 4.78 is 13.8. The number of nitrogens with two attached hydrogens (primary N) is 1. The van der Waals surface area contributed by atoms with Gasteiger partial charge >= 0.3 is 0 Å². The summed E-state index contributed by atoms with van der Waals surface area (Å²) >= 11 is 1.66. The highest BCUT2D eigenvalue weighted by Gasteiger charge is 2.18. The summed E-state index contributed by atoms with van der Waals surface area (Å²) in [5.74, 6) is -0.161. The zero-order chi connectivity index (χ0) is 13.8. The van der Waals surface area contributed by atoms with E-state index in [1.54, 1.807) is 17.4 Å². The molecular formula is C15H19FN2S. The van der Waals surface area contributed by atoms with E-state index in [-0.39, 0.29) is 17.9 Å². The van der Waals surface area contributed by atoms with E-state index in [1.165, 1.54) is 6.07 Å². The third kappa shape index (κ3) is 3.41. The number of rotatable bonds is 5. The van der Waals surface area contributed by atoms with Gasteiger partial charge in [-0.2, -0.15) is 0 Å². The fourth-order valence-electron chi connectivity index (χ4n) is 2.11. The first-order chi connectivity index (χ1) is 9.09. The Hall–Kier alpha value is -1.23. The van der Waals surface area contributed by atoms with Crippen molar-refractivity contribution in [3.63, 3.8) is 0 Å². The number of nitrogens with zero attached hydrogens (tertiary/aromatic N) is 1. The van der Waals surface area contributed by atoms with Crippen molar-refractivity contribution in [2.75, 3.05) is 13.6 Å². The molecular weight excluding hydrogens is 259 g/mol. The first-order valence-electron chi connectivity index (χ1n) is 6.33. The molecule has 0 spiro atoms. The molecule has 4 heteroatoms. The maximum atomic E-state index is 13.8. The average molecular weight is 278 g/mol. The van der Waals surface area contributed by atoms with Crippen molar-refractivity contribution >= 4 is 11.3 Å². The molecule has 2 nitrogen and oxygen atoms in total. The van der Waals surface area contributed by atoms with E-state index in [2.05, 4.69) is 4.90 Å². The molecule has 1 aromatic carbocycles. The predicted molar refractivity (Wildman–Crippen MR) is 78.7 cm³/mol. The van der Waals surface area contributed by atoms with Gasteiger partial charge in [-0.3, -0.25) is 4.90 Å². The van der Waals surface area contributed by atoms with Gasteiger partial charge in [0.15, 0.2) is 0 Å². The zero-order valence-electron chi connectivity index (χ0n) is 11.2. The van der Waals surface area contributed by atoms with Crippen LogP contribution in [-0.2, 0) is 0 Å². The lowest BCUT2D eigenvalue weighted by atomic mass is 10.1. The number of thiophene rings is 1. The van der Waals surface area contributed by atoms with Gasteiger partial charge in [0.2, 0.25) is 0 Å². The summed E-state index contributed by atoms with van der Waals surface area (Å²) in [5, 5.41) is 2.02. The van der Waals surface area contributed by atoms with Crippen LogP contribution in [0.15, 0.2) is 41.8 Å². The van der Waals surface area contributed by atoms with Crippen molar-refractivity contribution in [1.82, 2.24) is 4.90 Å². The summed E-state index contributed by atoms with van der Waals surface area (Å²) in [4.78, 5) is 3.25. The minimum Gasteiger partial charge on any atom is -0.322 e. The molecule has 0 amide bonds. The van der Waals surface area contributed by atoms with Crippen molar-refractivity contribution in [1.29, 1.82) is 0 Å². The standard InChI is InChI=1S/C15H19FN2S/c1-11(12-6-3-4-7-13(12)16)18(2)10-14(17)15-8-5-9-19-15/h3-9,11,14H,10,17H2,1-2H3. The van der Waals surface area contributed by atoms with Gasteiger partial charge in [0.1, 0.15) is 5.82 Å². The summed E-state index contributed by atoms with van der Waals surface area (Å²) in [6, 6.07) is 10.9. The molecule has 2 unspecified atom stereocenters. The smallest absolute Gasteiger partial charge is 0.127 e. The van der Waals surface area contributed by atoms with Crippen molar-refractivity contribution in [3.8, 4) is 0 Å². The topological polar surface area (TPSA) is 29.3 Å². The van der Waals surface area contributed by atoms with E-state index in [9.17, 15) is 4.39 Å². The predicted octanol–water partition coefficient (Wildman–Crippen LogP) is 3.58. The second-order valence-corrected chi connectivity index (χ2v) is 5.74. The fourth-order valence-corrected chi connectivity index (χ4v) is 2.83. The molecule has 0 saturated carbocycles. The van der Waals surface area contributed by atoms with E-state index in [0.717, 1.165) is 4.88 Å². The van der Waals surface area contributed by atoms with Crippen molar-refractivity contribution in [3.05, 3.63) is 58.0 Å². The number of likely N-dealkylation sites (N-methyl/N-ethyl adjacent to an activating group) is 1. The highest BCUT2D eigenvalue weighted by atomic mass is 32.1. The van der Waals surface area contributed by atoms with E-state index in [0.29, 0.717) is 12.1 Å². The molecule has 0 aliphatic rings. The van der Waals surface area contributed by atoms with Crippen LogP contribution in [0.3, 0.4) is 0 Å². The highest BCUT2D eigenvalue weighted by molar-refractivity contribution is 7.10. The Morgan fingerprint density at radius 3 is 2.63 bits per heavy atom. The third-order valence-electron chi connectivity index (χ3n) is 3.41. The molecule has 2 atom stereocenters. The van der Waals surface area contributed by atoms with Crippen LogP contribution >= 0.6 is 11.3 Å². The van der Waals surface area contributed by atoms with E-state index in [1.807, 2.05) is 43.6 Å². The lowest BCUT2D eigenvalue weighted by Crippen LogP contribution is -2.31. The van der Waals surface area contributed by atoms with Gasteiger partial charge in [0.05, 0.1) is 6.04 Å². The fraction of sp³-hybridized carbons (Fsp3) is 0.333. The molecule has 2 N–H and O–H groups in total. The monoisotopic (exact) mass is 278 g/mol. The van der Waals surface area contributed by atoms with E-state index >= 15 is 0 Å². The molecule has 0 radical (unpaired) electrons. The van der Waals surface area contributed by atoms with Crippen molar-refractivity contribution in [2.45, 2.75) is 19.0 Å². The van der Waals surface area contributed by atoms with Crippen LogP contribution in [0.25, 0.3) is 0 Å². The molecule has 0 bridgehead atoms. The van der Waals surface area contributed by atoms with Crippen LogP contribution in [-0.4, -0.2) is 18.5 Å². The van der Waals surface area contributed by atoms with E-state index in [4.69, 9.17) is 5.73 Å². The molecule has 0 saturated heterocycles. The molecule has 0 fully saturated rings. The molecule has 0 aliphatic carbocycles. The SMILES string of the molecule is CC(c1ccccc1F)N(C)CC(N)c1cccs1. The first kappa shape index (κ1) is 14.2. The van der Waals surface area contributed by atoms with Crippen molar-refractivity contribution in [2.24, 2.45) is 5.73 Å². The summed E-state index contributed by atoms with van der Waals surface area (Å²) in [6.45, 7) is 2.70. The first-order valence-corrected chi connectivity index (χ1v) is 7.21. The molecule has 2 rings (SSSR count). The summed E-state index contributed by atoms with van der Waals surface area (Å²) in [6.07, 6.45) is 0. The lowest BCUT2D eigenvalue weighted by molar-refractivity contribution is 0.242. The minimum atomic E-state index is -0.161. The maximum Gasteiger partial charge on any atom is 0.127 e. The Morgan fingerprint density at radius 1 is 1.26 bits per heavy atom. The number of hydrogen-bond donors (Lipinski definition) is 1. The highest BCUT2D eigenvalue weighted by Crippen LogP contribution is 2.24. The Kier molecular flexibility index (Phi) is 4.69.